The number of fused-ring (bicyclic) bond motifs is 1. The van der Waals surface area contributed by atoms with Gasteiger partial charge in [0, 0.05) is 5.39 Å². The van der Waals surface area contributed by atoms with Gasteiger partial charge in [0.05, 0.1) is 16.8 Å². The molecule has 0 saturated carbocycles. The Kier molecular flexibility index (Phi) is 3.23. The van der Waals surface area contributed by atoms with E-state index in [0.717, 1.165) is 5.39 Å². The minimum absolute atomic E-state index is 0.222. The molecule has 0 bridgehead atoms. The molecule has 3 aromatic rings. The monoisotopic (exact) mass is 299 g/mol. The van der Waals surface area contributed by atoms with E-state index in [9.17, 15) is 8.42 Å². The topological polar surface area (TPSA) is 85.1 Å². The molecule has 3 N–H and O–H groups in total. The Hall–Kier alpha value is -2.60. The fourth-order valence-corrected chi connectivity index (χ4v) is 3.33. The highest BCUT2D eigenvalue weighted by Gasteiger charge is 2.17. The van der Waals surface area contributed by atoms with Crippen LogP contribution in [0, 0.1) is 0 Å². The molecule has 0 spiro atoms. The number of aromatic nitrogens is 1. The van der Waals surface area contributed by atoms with Crippen LogP contribution in [0.2, 0.25) is 0 Å². The standard InChI is InChI=1S/C15H13N3O2S/c16-12-8-9-15(17-10-12)18-21(19,20)14-7-3-5-11-4-1-2-6-13(11)14/h1-10H,16H2,(H,17,18). The van der Waals surface area contributed by atoms with E-state index < -0.39 is 10.0 Å². The highest BCUT2D eigenvalue weighted by molar-refractivity contribution is 7.93. The molecule has 0 atom stereocenters. The highest BCUT2D eigenvalue weighted by Crippen LogP contribution is 2.24. The molecule has 3 rings (SSSR count). The first-order valence-corrected chi connectivity index (χ1v) is 7.77. The second-order valence-electron chi connectivity index (χ2n) is 4.56. The minimum Gasteiger partial charge on any atom is -0.397 e. The van der Waals surface area contributed by atoms with Crippen LogP contribution in [0.1, 0.15) is 0 Å². The summed E-state index contributed by atoms with van der Waals surface area (Å²) >= 11 is 0. The van der Waals surface area contributed by atoms with E-state index in [0.29, 0.717) is 11.1 Å². The Balaban J connectivity index is 2.06. The van der Waals surface area contributed by atoms with Crippen LogP contribution in [0.4, 0.5) is 11.5 Å². The van der Waals surface area contributed by atoms with E-state index in [1.807, 2.05) is 24.3 Å². The van der Waals surface area contributed by atoms with Crippen molar-refractivity contribution in [3.8, 4) is 0 Å². The van der Waals surface area contributed by atoms with E-state index in [1.54, 1.807) is 24.3 Å². The summed E-state index contributed by atoms with van der Waals surface area (Å²) in [4.78, 5) is 4.18. The van der Waals surface area contributed by atoms with Crippen molar-refractivity contribution >= 4 is 32.3 Å². The van der Waals surface area contributed by atoms with Gasteiger partial charge in [-0.1, -0.05) is 36.4 Å². The van der Waals surface area contributed by atoms with E-state index in [-0.39, 0.29) is 10.7 Å². The maximum Gasteiger partial charge on any atom is 0.263 e. The zero-order valence-electron chi connectivity index (χ0n) is 11.0. The molecule has 0 radical (unpaired) electrons. The van der Waals surface area contributed by atoms with Crippen molar-refractivity contribution in [2.75, 3.05) is 10.5 Å². The van der Waals surface area contributed by atoms with Crippen molar-refractivity contribution < 1.29 is 8.42 Å². The Bertz CT molecular complexity index is 885. The van der Waals surface area contributed by atoms with E-state index in [2.05, 4.69) is 9.71 Å². The molecular formula is C15H13N3O2S. The second kappa shape index (κ2) is 5.06. The van der Waals surface area contributed by atoms with Gasteiger partial charge < -0.3 is 5.73 Å². The van der Waals surface area contributed by atoms with E-state index >= 15 is 0 Å². The van der Waals surface area contributed by atoms with Gasteiger partial charge in [-0.2, -0.15) is 0 Å². The van der Waals surface area contributed by atoms with Gasteiger partial charge in [-0.15, -0.1) is 0 Å². The quantitative estimate of drug-likeness (QED) is 0.778. The minimum atomic E-state index is -3.71. The van der Waals surface area contributed by atoms with Crippen LogP contribution in [-0.4, -0.2) is 13.4 Å². The fraction of sp³-hybridized carbons (Fsp3) is 0. The van der Waals surface area contributed by atoms with Gasteiger partial charge in [-0.3, -0.25) is 4.72 Å². The van der Waals surface area contributed by atoms with Crippen LogP contribution in [0.25, 0.3) is 10.8 Å². The molecule has 1 aromatic heterocycles. The fourth-order valence-electron chi connectivity index (χ4n) is 2.09. The SMILES string of the molecule is Nc1ccc(NS(=O)(=O)c2cccc3ccccc23)nc1. The lowest BCUT2D eigenvalue weighted by Crippen LogP contribution is -2.14. The molecule has 0 aliphatic heterocycles. The first-order chi connectivity index (χ1) is 10.1. The number of hydrogen-bond donors (Lipinski definition) is 2. The van der Waals surface area contributed by atoms with Crippen LogP contribution in [0.5, 0.6) is 0 Å². The summed E-state index contributed by atoms with van der Waals surface area (Å²) in [5.74, 6) is 0.233. The largest absolute Gasteiger partial charge is 0.397 e. The zero-order valence-corrected chi connectivity index (χ0v) is 11.8. The Morgan fingerprint density at radius 3 is 2.48 bits per heavy atom. The third kappa shape index (κ3) is 2.66. The number of hydrogen-bond acceptors (Lipinski definition) is 4. The third-order valence-corrected chi connectivity index (χ3v) is 4.48. The summed E-state index contributed by atoms with van der Waals surface area (Å²) in [6.45, 7) is 0. The molecular weight excluding hydrogens is 286 g/mol. The molecule has 0 fully saturated rings. The smallest absolute Gasteiger partial charge is 0.263 e. The molecule has 2 aromatic carbocycles. The van der Waals surface area contributed by atoms with Gasteiger partial charge in [-0.05, 0) is 23.6 Å². The third-order valence-electron chi connectivity index (χ3n) is 3.06. The summed E-state index contributed by atoms with van der Waals surface area (Å²) in [5.41, 5.74) is 6.01. The number of nitrogens with zero attached hydrogens (tertiary/aromatic N) is 1. The van der Waals surface area contributed by atoms with Gasteiger partial charge >= 0.3 is 0 Å². The molecule has 6 heteroatoms. The van der Waals surface area contributed by atoms with Crippen molar-refractivity contribution in [1.82, 2.24) is 4.98 Å². The first kappa shape index (κ1) is 13.4. The number of sulfonamides is 1. The molecule has 5 nitrogen and oxygen atoms in total. The Labute approximate surface area is 122 Å². The molecule has 1 heterocycles. The summed E-state index contributed by atoms with van der Waals surface area (Å²) < 4.78 is 27.5. The average molecular weight is 299 g/mol. The van der Waals surface area contributed by atoms with Crippen LogP contribution in [0.15, 0.2) is 65.7 Å². The molecule has 0 saturated heterocycles. The van der Waals surface area contributed by atoms with Crippen LogP contribution in [-0.2, 0) is 10.0 Å². The summed E-state index contributed by atoms with van der Waals surface area (Å²) in [6, 6.07) is 15.6. The zero-order chi connectivity index (χ0) is 14.9. The Morgan fingerprint density at radius 2 is 1.71 bits per heavy atom. The predicted octanol–water partition coefficient (Wildman–Crippen LogP) is 2.62. The number of benzene rings is 2. The van der Waals surface area contributed by atoms with E-state index in [4.69, 9.17) is 5.73 Å². The highest BCUT2D eigenvalue weighted by atomic mass is 32.2. The summed E-state index contributed by atoms with van der Waals surface area (Å²) in [7, 11) is -3.71. The summed E-state index contributed by atoms with van der Waals surface area (Å²) in [6.07, 6.45) is 1.40. The van der Waals surface area contributed by atoms with Gasteiger partial charge in [0.2, 0.25) is 0 Å². The predicted molar refractivity (Wildman–Crippen MR) is 83.4 cm³/mol. The number of rotatable bonds is 3. The van der Waals surface area contributed by atoms with Crippen molar-refractivity contribution in [3.63, 3.8) is 0 Å². The van der Waals surface area contributed by atoms with Gasteiger partial charge in [0.1, 0.15) is 5.82 Å². The van der Waals surface area contributed by atoms with Gasteiger partial charge in [0.25, 0.3) is 10.0 Å². The second-order valence-corrected chi connectivity index (χ2v) is 6.21. The number of pyridine rings is 1. The number of nitrogen functional groups attached to an aromatic ring is 1. The number of nitrogens with two attached hydrogens (primary N) is 1. The maximum atomic E-state index is 12.5. The van der Waals surface area contributed by atoms with E-state index in [1.165, 1.54) is 12.3 Å². The lowest BCUT2D eigenvalue weighted by atomic mass is 10.1. The number of anilines is 2. The molecule has 0 aliphatic rings. The number of nitrogens with one attached hydrogen (secondary N) is 1. The van der Waals surface area contributed by atoms with Crippen LogP contribution >= 0.6 is 0 Å². The first-order valence-electron chi connectivity index (χ1n) is 6.28. The van der Waals surface area contributed by atoms with Crippen molar-refractivity contribution in [2.24, 2.45) is 0 Å². The maximum absolute atomic E-state index is 12.5. The molecule has 0 aliphatic carbocycles. The summed E-state index contributed by atoms with van der Waals surface area (Å²) in [5, 5.41) is 1.54. The lowest BCUT2D eigenvalue weighted by molar-refractivity contribution is 0.602. The lowest BCUT2D eigenvalue weighted by Gasteiger charge is -2.10. The van der Waals surface area contributed by atoms with Crippen molar-refractivity contribution in [1.29, 1.82) is 0 Å². The van der Waals surface area contributed by atoms with Crippen LogP contribution < -0.4 is 10.5 Å². The molecule has 0 amide bonds. The molecule has 21 heavy (non-hydrogen) atoms. The molecule has 0 unspecified atom stereocenters. The Morgan fingerprint density at radius 1 is 0.952 bits per heavy atom. The normalized spacial score (nSPS) is 11.4. The molecule has 106 valence electrons. The van der Waals surface area contributed by atoms with Gasteiger partial charge in [-0.25, -0.2) is 13.4 Å². The average Bonchev–Trinajstić information content (AvgIpc) is 2.49. The van der Waals surface area contributed by atoms with Crippen molar-refractivity contribution in [3.05, 3.63) is 60.8 Å². The van der Waals surface area contributed by atoms with Crippen molar-refractivity contribution in [2.45, 2.75) is 4.90 Å². The van der Waals surface area contributed by atoms with Crippen LogP contribution in [0.3, 0.4) is 0 Å². The van der Waals surface area contributed by atoms with Gasteiger partial charge in [0.15, 0.2) is 0 Å².